The first-order valence-corrected chi connectivity index (χ1v) is 22.8. The van der Waals surface area contributed by atoms with Crippen LogP contribution in [0.15, 0.2) is 182 Å². The maximum atomic E-state index is 7.56. The number of rotatable bonds is 6. The van der Waals surface area contributed by atoms with Gasteiger partial charge in [0, 0.05) is 55.7 Å². The smallest absolute Gasteiger partial charge is 0.201 e. The Labute approximate surface area is 399 Å². The van der Waals surface area contributed by atoms with E-state index in [9.17, 15) is 0 Å². The van der Waals surface area contributed by atoms with E-state index in [2.05, 4.69) is 224 Å². The highest BCUT2D eigenvalue weighted by molar-refractivity contribution is 5.76. The van der Waals surface area contributed by atoms with Gasteiger partial charge in [-0.25, -0.2) is 13.7 Å². The second-order valence-corrected chi connectivity index (χ2v) is 17.8. The summed E-state index contributed by atoms with van der Waals surface area (Å²) in [6, 6.07) is 57.5. The van der Waals surface area contributed by atoms with Crippen LogP contribution in [0.25, 0.3) is 67.2 Å². The van der Waals surface area contributed by atoms with Gasteiger partial charge in [-0.05, 0) is 159 Å². The molecule has 0 atom stereocenters. The van der Waals surface area contributed by atoms with Crippen molar-refractivity contribution >= 4 is 0 Å². The second-order valence-electron chi connectivity index (χ2n) is 17.8. The van der Waals surface area contributed by atoms with Gasteiger partial charge in [-0.2, -0.15) is 0 Å². The van der Waals surface area contributed by atoms with Crippen LogP contribution in [0, 0.1) is 62.2 Å². The van der Waals surface area contributed by atoms with Crippen LogP contribution in [0.1, 0.15) is 54.2 Å². The van der Waals surface area contributed by atoms with Crippen LogP contribution in [0.3, 0.4) is 0 Å². The Morgan fingerprint density at radius 3 is 1.17 bits per heavy atom. The molecule has 0 aliphatic heterocycles. The monoisotopic (exact) mass is 868 g/mol. The molecule has 3 aromatic heterocycles. The molecule has 0 bridgehead atoms. The van der Waals surface area contributed by atoms with Crippen molar-refractivity contribution in [3.8, 4) is 67.2 Å². The molecule has 3 nitrogen and oxygen atoms in total. The molecule has 9 aromatic rings. The predicted molar refractivity (Wildman–Crippen MR) is 278 cm³/mol. The Kier molecular flexibility index (Phi) is 13.4. The molecule has 0 amide bonds. The molecule has 0 N–H and O–H groups in total. The van der Waals surface area contributed by atoms with Crippen LogP contribution in [-0.4, -0.2) is 0 Å². The second kappa shape index (κ2) is 20.7. The molecule has 0 aliphatic carbocycles. The number of hydrogen-bond donors (Lipinski definition) is 0. The molecular weight excluding hydrogens is 799 g/mol. The van der Waals surface area contributed by atoms with Gasteiger partial charge in [-0.3, -0.25) is 0 Å². The molecule has 330 valence electrons. The van der Waals surface area contributed by atoms with E-state index in [4.69, 9.17) is 4.11 Å². The van der Waals surface area contributed by atoms with E-state index < -0.39 is 6.85 Å². The van der Waals surface area contributed by atoms with Crippen LogP contribution in [-0.2, 0) is 21.1 Å². The van der Waals surface area contributed by atoms with Gasteiger partial charge in [0.2, 0.25) is 17.1 Å². The summed E-state index contributed by atoms with van der Waals surface area (Å²) in [5.41, 5.74) is 25.4. The predicted octanol–water partition coefficient (Wildman–Crippen LogP) is 14.3. The zero-order chi connectivity index (χ0) is 49.6. The summed E-state index contributed by atoms with van der Waals surface area (Å²) in [7, 11) is 6.12. The Balaban J connectivity index is 0.000000153. The number of aromatic nitrogens is 3. The number of hydrogen-bond acceptors (Lipinski definition) is 0. The van der Waals surface area contributed by atoms with Crippen LogP contribution in [0.2, 0.25) is 0 Å². The van der Waals surface area contributed by atoms with Gasteiger partial charge in [0.15, 0.2) is 18.6 Å². The molecule has 66 heavy (non-hydrogen) atoms. The van der Waals surface area contributed by atoms with Gasteiger partial charge < -0.3 is 0 Å². The molecule has 3 heteroatoms. The van der Waals surface area contributed by atoms with E-state index in [0.29, 0.717) is 5.56 Å². The van der Waals surface area contributed by atoms with Gasteiger partial charge >= 0.3 is 0 Å². The van der Waals surface area contributed by atoms with Gasteiger partial charge in [-0.15, -0.1) is 0 Å². The van der Waals surface area contributed by atoms with E-state index in [1.54, 1.807) is 12.3 Å². The lowest BCUT2D eigenvalue weighted by Gasteiger charge is -2.12. The third-order valence-corrected chi connectivity index (χ3v) is 12.6. The largest absolute Gasteiger partial charge is 0.212 e. The van der Waals surface area contributed by atoms with Crippen molar-refractivity contribution in [3.05, 3.63) is 232 Å². The normalized spacial score (nSPS) is 11.6. The van der Waals surface area contributed by atoms with Crippen molar-refractivity contribution in [1.29, 1.82) is 0 Å². The summed E-state index contributed by atoms with van der Waals surface area (Å²) in [5, 5.41) is 0. The molecule has 6 aromatic carbocycles. The van der Waals surface area contributed by atoms with Gasteiger partial charge in [0.05, 0.1) is 0 Å². The summed E-state index contributed by atoms with van der Waals surface area (Å²) >= 11 is 0. The molecule has 9 rings (SSSR count). The quantitative estimate of drug-likeness (QED) is 0.148. The van der Waals surface area contributed by atoms with Crippen LogP contribution < -0.4 is 13.7 Å². The Morgan fingerprint density at radius 1 is 0.288 bits per heavy atom. The maximum absolute atomic E-state index is 7.56. The van der Waals surface area contributed by atoms with Crippen LogP contribution in [0.5, 0.6) is 0 Å². The number of benzene rings is 6. The van der Waals surface area contributed by atoms with Gasteiger partial charge in [-0.1, -0.05) is 115 Å². The summed E-state index contributed by atoms with van der Waals surface area (Å²) in [6.07, 6.45) is 6.08. The van der Waals surface area contributed by atoms with E-state index in [1.807, 2.05) is 35.9 Å². The molecule has 0 saturated heterocycles. The first kappa shape index (κ1) is 42.7. The lowest BCUT2D eigenvalue weighted by molar-refractivity contribution is -0.660. The van der Waals surface area contributed by atoms with E-state index in [1.165, 1.54) is 100 Å². The van der Waals surface area contributed by atoms with Crippen molar-refractivity contribution in [2.75, 3.05) is 0 Å². The first-order valence-electron chi connectivity index (χ1n) is 24.3. The lowest BCUT2D eigenvalue weighted by Crippen LogP contribution is -2.31. The van der Waals surface area contributed by atoms with Crippen molar-refractivity contribution in [3.63, 3.8) is 0 Å². The standard InChI is InChI=1S/3C21H22N/c1-15-13-21(22(4)14-17(15)3)20-11-10-19(12-16(20)2)18-8-6-5-7-9-18;2*1-15-10-11-21(22(4)14-15)20-13-16(2)19(12-17(20)3)18-8-6-5-7-9-18/h3*5-14H,1-4H3/q3*+1/i;1D3;. The molecule has 0 fully saturated rings. The molecule has 0 saturated carbocycles. The van der Waals surface area contributed by atoms with Crippen molar-refractivity contribution in [1.82, 2.24) is 0 Å². The molecular formula is C63H66N3+3. The minimum absolute atomic E-state index is 0.356. The first-order chi connectivity index (χ1) is 32.9. The Bertz CT molecular complexity index is 3250. The van der Waals surface area contributed by atoms with Crippen molar-refractivity contribution < 1.29 is 17.8 Å². The summed E-state index contributed by atoms with van der Waals surface area (Å²) in [5.74, 6) is 0. The molecule has 3 heterocycles. The third kappa shape index (κ3) is 10.8. The Hall–Kier alpha value is -7.23. The SMILES string of the molecule is Cc1cc(-c2ccc(-c3ccccc3)cc2C)[n+](C)cc1C.Cc1ccc(-c2cc(C)c(-c3ccccc3)cc2C)[n+](C)c1.[2H]C([2H])([2H])c1ccc(-c2cc(C)c(-c3ccccc3)cc2C)[n+](C)c1. The molecule has 0 aliphatic rings. The summed E-state index contributed by atoms with van der Waals surface area (Å²) in [4.78, 5) is 0. The number of nitrogens with zero attached hydrogens (tertiary/aromatic N) is 3. The maximum Gasteiger partial charge on any atom is 0.212 e. The zero-order valence-corrected chi connectivity index (χ0v) is 40.7. The third-order valence-electron chi connectivity index (χ3n) is 12.6. The average Bonchev–Trinajstić information content (AvgIpc) is 3.33. The van der Waals surface area contributed by atoms with E-state index >= 15 is 0 Å². The number of pyridine rings is 3. The lowest BCUT2D eigenvalue weighted by atomic mass is 9.93. The molecule has 0 radical (unpaired) electrons. The highest BCUT2D eigenvalue weighted by Crippen LogP contribution is 2.33. The highest BCUT2D eigenvalue weighted by Gasteiger charge is 2.18. The average molecular weight is 868 g/mol. The van der Waals surface area contributed by atoms with Crippen molar-refractivity contribution in [2.45, 2.75) is 62.2 Å². The van der Waals surface area contributed by atoms with Crippen LogP contribution >= 0.6 is 0 Å². The zero-order valence-electron chi connectivity index (χ0n) is 43.7. The van der Waals surface area contributed by atoms with Crippen LogP contribution in [0.4, 0.5) is 0 Å². The summed E-state index contributed by atoms with van der Waals surface area (Å²) in [6.45, 7) is 15.2. The Morgan fingerprint density at radius 2 is 0.697 bits per heavy atom. The van der Waals surface area contributed by atoms with E-state index in [0.717, 1.165) is 11.3 Å². The highest BCUT2D eigenvalue weighted by atomic mass is 14.9. The van der Waals surface area contributed by atoms with Gasteiger partial charge in [0.1, 0.15) is 21.1 Å². The topological polar surface area (TPSA) is 11.6 Å². The van der Waals surface area contributed by atoms with E-state index in [-0.39, 0.29) is 0 Å². The molecule has 0 spiro atoms. The van der Waals surface area contributed by atoms with Crippen molar-refractivity contribution in [2.24, 2.45) is 21.1 Å². The fraction of sp³-hybridized carbons (Fsp3) is 0.190. The minimum atomic E-state index is -2.08. The van der Waals surface area contributed by atoms with Gasteiger partial charge in [0.25, 0.3) is 0 Å². The molecule has 0 unspecified atom stereocenters. The summed E-state index contributed by atoms with van der Waals surface area (Å²) < 4.78 is 29.0. The fourth-order valence-corrected chi connectivity index (χ4v) is 8.87. The number of aryl methyl sites for hydroxylation is 12. The minimum Gasteiger partial charge on any atom is -0.201 e. The fourth-order valence-electron chi connectivity index (χ4n) is 8.87.